The zero-order chi connectivity index (χ0) is 25.8. The second-order valence-corrected chi connectivity index (χ2v) is 9.04. The SMILES string of the molecule is O=C(NC(CCc1ccccc1)C(=O)ON1C(=O)CCC1=O)OCC1c2ccccc2-c2ccccc21. The van der Waals surface area contributed by atoms with E-state index in [1.165, 1.54) is 0 Å². The van der Waals surface area contributed by atoms with Gasteiger partial charge in [0.1, 0.15) is 12.6 Å². The zero-order valence-electron chi connectivity index (χ0n) is 20.1. The minimum atomic E-state index is -1.11. The van der Waals surface area contributed by atoms with E-state index >= 15 is 0 Å². The van der Waals surface area contributed by atoms with Gasteiger partial charge < -0.3 is 14.9 Å². The lowest BCUT2D eigenvalue weighted by Crippen LogP contribution is -2.46. The van der Waals surface area contributed by atoms with Crippen LogP contribution in [0.15, 0.2) is 78.9 Å². The molecule has 1 fully saturated rings. The van der Waals surface area contributed by atoms with E-state index in [1.54, 1.807) is 0 Å². The molecule has 1 saturated heterocycles. The van der Waals surface area contributed by atoms with Crippen molar-refractivity contribution >= 4 is 23.9 Å². The van der Waals surface area contributed by atoms with Gasteiger partial charge in [0.15, 0.2) is 0 Å². The van der Waals surface area contributed by atoms with Crippen LogP contribution in [0.4, 0.5) is 4.79 Å². The normalized spacial score (nSPS) is 15.2. The third-order valence-corrected chi connectivity index (χ3v) is 6.67. The topological polar surface area (TPSA) is 102 Å². The van der Waals surface area contributed by atoms with Crippen molar-refractivity contribution in [1.82, 2.24) is 10.4 Å². The van der Waals surface area contributed by atoms with Crippen LogP contribution in [-0.4, -0.2) is 41.6 Å². The molecule has 37 heavy (non-hydrogen) atoms. The lowest BCUT2D eigenvalue weighted by Gasteiger charge is -2.21. The number of benzene rings is 3. The Hall–Kier alpha value is -4.46. The van der Waals surface area contributed by atoms with E-state index in [0.717, 1.165) is 27.8 Å². The maximum atomic E-state index is 12.9. The number of carbonyl (C=O) groups is 4. The van der Waals surface area contributed by atoms with Crippen molar-refractivity contribution in [3.8, 4) is 11.1 Å². The van der Waals surface area contributed by atoms with Gasteiger partial charge in [0.25, 0.3) is 11.8 Å². The third-order valence-electron chi connectivity index (χ3n) is 6.67. The fourth-order valence-corrected chi connectivity index (χ4v) is 4.80. The van der Waals surface area contributed by atoms with Crippen LogP contribution < -0.4 is 5.32 Å². The molecular weight excluding hydrogens is 472 g/mol. The number of hydrogen-bond donors (Lipinski definition) is 1. The number of carbonyl (C=O) groups excluding carboxylic acids is 4. The molecule has 0 radical (unpaired) electrons. The third kappa shape index (κ3) is 5.23. The monoisotopic (exact) mass is 498 g/mol. The van der Waals surface area contributed by atoms with Crippen LogP contribution in [0.5, 0.6) is 0 Å². The number of imide groups is 1. The Morgan fingerprint density at radius 2 is 1.41 bits per heavy atom. The average Bonchev–Trinajstić information content (AvgIpc) is 3.42. The molecule has 5 rings (SSSR count). The maximum absolute atomic E-state index is 12.9. The summed E-state index contributed by atoms with van der Waals surface area (Å²) < 4.78 is 5.58. The van der Waals surface area contributed by atoms with Crippen LogP contribution in [0.1, 0.15) is 41.9 Å². The number of fused-ring (bicyclic) bond motifs is 3. The Kier molecular flexibility index (Phi) is 6.98. The largest absolute Gasteiger partial charge is 0.449 e. The molecule has 1 unspecified atom stereocenters. The number of rotatable bonds is 8. The first-order valence-corrected chi connectivity index (χ1v) is 12.2. The first-order chi connectivity index (χ1) is 18.0. The fourth-order valence-electron chi connectivity index (χ4n) is 4.80. The molecule has 0 spiro atoms. The molecule has 1 N–H and O–H groups in total. The summed E-state index contributed by atoms with van der Waals surface area (Å²) in [6, 6.07) is 24.3. The molecule has 3 amide bonds. The highest BCUT2D eigenvalue weighted by atomic mass is 16.7. The summed E-state index contributed by atoms with van der Waals surface area (Å²) in [4.78, 5) is 54.6. The molecule has 8 nitrogen and oxygen atoms in total. The van der Waals surface area contributed by atoms with Gasteiger partial charge >= 0.3 is 12.1 Å². The Labute approximate surface area is 214 Å². The van der Waals surface area contributed by atoms with Crippen LogP contribution in [0.3, 0.4) is 0 Å². The molecule has 0 aromatic heterocycles. The minimum Gasteiger partial charge on any atom is -0.449 e. The van der Waals surface area contributed by atoms with Gasteiger partial charge in [-0.2, -0.15) is 0 Å². The smallest absolute Gasteiger partial charge is 0.407 e. The summed E-state index contributed by atoms with van der Waals surface area (Å²) in [6.07, 6.45) is -0.146. The van der Waals surface area contributed by atoms with Gasteiger partial charge in [0.05, 0.1) is 0 Å². The van der Waals surface area contributed by atoms with Crippen LogP contribution in [-0.2, 0) is 30.4 Å². The Morgan fingerprint density at radius 1 is 0.838 bits per heavy atom. The highest BCUT2D eigenvalue weighted by molar-refractivity contribution is 6.01. The van der Waals surface area contributed by atoms with E-state index in [2.05, 4.69) is 5.32 Å². The summed E-state index contributed by atoms with van der Waals surface area (Å²) in [6.45, 7) is 0.0867. The zero-order valence-corrected chi connectivity index (χ0v) is 20.1. The van der Waals surface area contributed by atoms with Crippen molar-refractivity contribution in [3.63, 3.8) is 0 Å². The van der Waals surface area contributed by atoms with Gasteiger partial charge in [-0.1, -0.05) is 78.9 Å². The maximum Gasteiger partial charge on any atom is 0.407 e. The first-order valence-electron chi connectivity index (χ1n) is 12.2. The molecule has 0 saturated carbocycles. The van der Waals surface area contributed by atoms with Gasteiger partial charge in [-0.3, -0.25) is 9.59 Å². The lowest BCUT2D eigenvalue weighted by molar-refractivity contribution is -0.199. The first kappa shape index (κ1) is 24.2. The summed E-state index contributed by atoms with van der Waals surface area (Å²) >= 11 is 0. The van der Waals surface area contributed by atoms with E-state index in [1.807, 2.05) is 78.9 Å². The van der Waals surface area contributed by atoms with Crippen LogP contribution in [0.2, 0.25) is 0 Å². The lowest BCUT2D eigenvalue weighted by atomic mass is 9.98. The quantitative estimate of drug-likeness (QED) is 0.469. The molecule has 1 heterocycles. The predicted molar refractivity (Wildman–Crippen MR) is 134 cm³/mol. The van der Waals surface area contributed by atoms with Crippen molar-refractivity contribution in [2.24, 2.45) is 0 Å². The molecule has 2 aliphatic rings. The van der Waals surface area contributed by atoms with Crippen molar-refractivity contribution in [1.29, 1.82) is 0 Å². The summed E-state index contributed by atoms with van der Waals surface area (Å²) in [5, 5.41) is 3.06. The van der Waals surface area contributed by atoms with Crippen LogP contribution >= 0.6 is 0 Å². The van der Waals surface area contributed by atoms with E-state index in [-0.39, 0.29) is 31.8 Å². The second-order valence-electron chi connectivity index (χ2n) is 9.04. The standard InChI is InChI=1S/C29H26N2O6/c32-26-16-17-27(33)31(26)37-28(34)25(15-14-19-8-2-1-3-9-19)30-29(35)36-18-24-22-12-6-4-10-20(22)21-11-5-7-13-23(21)24/h1-13,24-25H,14-18H2,(H,30,35). The van der Waals surface area contributed by atoms with Crippen molar-refractivity contribution in [3.05, 3.63) is 95.6 Å². The Morgan fingerprint density at radius 3 is 2.03 bits per heavy atom. The molecule has 3 aromatic carbocycles. The van der Waals surface area contributed by atoms with E-state index in [0.29, 0.717) is 11.5 Å². The average molecular weight is 499 g/mol. The van der Waals surface area contributed by atoms with Crippen LogP contribution in [0.25, 0.3) is 11.1 Å². The molecule has 8 heteroatoms. The van der Waals surface area contributed by atoms with E-state index < -0.39 is 29.9 Å². The number of hydrogen-bond acceptors (Lipinski definition) is 6. The molecule has 1 atom stereocenters. The van der Waals surface area contributed by atoms with Crippen molar-refractivity contribution in [2.45, 2.75) is 37.6 Å². The summed E-state index contributed by atoms with van der Waals surface area (Å²) in [7, 11) is 0. The van der Waals surface area contributed by atoms with Gasteiger partial charge in [-0.25, -0.2) is 9.59 Å². The Bertz CT molecular complexity index is 1280. The van der Waals surface area contributed by atoms with Crippen molar-refractivity contribution in [2.75, 3.05) is 6.61 Å². The highest BCUT2D eigenvalue weighted by Gasteiger charge is 2.36. The minimum absolute atomic E-state index is 0.0133. The Balaban J connectivity index is 1.26. The number of hydroxylamine groups is 2. The highest BCUT2D eigenvalue weighted by Crippen LogP contribution is 2.44. The number of nitrogens with one attached hydrogen (secondary N) is 1. The van der Waals surface area contributed by atoms with Crippen LogP contribution in [0, 0.1) is 0 Å². The van der Waals surface area contributed by atoms with E-state index in [4.69, 9.17) is 9.57 Å². The van der Waals surface area contributed by atoms with Gasteiger partial charge in [-0.15, -0.1) is 5.06 Å². The second kappa shape index (κ2) is 10.7. The predicted octanol–water partition coefficient (Wildman–Crippen LogP) is 4.13. The summed E-state index contributed by atoms with van der Waals surface area (Å²) in [5.41, 5.74) is 5.32. The molecular formula is C29H26N2O6. The van der Waals surface area contributed by atoms with E-state index in [9.17, 15) is 19.2 Å². The number of nitrogens with zero attached hydrogens (tertiary/aromatic N) is 1. The van der Waals surface area contributed by atoms with Gasteiger partial charge in [0, 0.05) is 18.8 Å². The molecule has 188 valence electrons. The van der Waals surface area contributed by atoms with Gasteiger partial charge in [-0.05, 0) is 40.7 Å². The fraction of sp³-hybridized carbons (Fsp3) is 0.241. The molecule has 0 bridgehead atoms. The number of amides is 3. The molecule has 3 aromatic rings. The molecule has 1 aliphatic carbocycles. The summed E-state index contributed by atoms with van der Waals surface area (Å²) in [5.74, 6) is -2.19. The van der Waals surface area contributed by atoms with Crippen molar-refractivity contribution < 1.29 is 28.8 Å². The number of aryl methyl sites for hydroxylation is 1. The van der Waals surface area contributed by atoms with Gasteiger partial charge in [0.2, 0.25) is 0 Å². The molecule has 1 aliphatic heterocycles. The number of alkyl carbamates (subject to hydrolysis) is 1. The number of ether oxygens (including phenoxy) is 1.